The SMILES string of the molecule is CCCCCCCOc1c(F)c(F)c(-c2ccc(C(=O)Oc3ccc(C(=O)OCCC(F)(F)C(F)(F)C(F)(F)C(F)F)cc3)cc2)c(F)c1F. The van der Waals surface area contributed by atoms with E-state index in [0.717, 1.165) is 67.8 Å². The molecule has 50 heavy (non-hydrogen) atoms. The molecule has 0 radical (unpaired) electrons. The molecule has 5 nitrogen and oxygen atoms in total. The Morgan fingerprint density at radius 2 is 1.20 bits per heavy atom. The average Bonchev–Trinajstić information content (AvgIpc) is 3.07. The summed E-state index contributed by atoms with van der Waals surface area (Å²) in [5.41, 5.74) is -2.01. The van der Waals surface area contributed by atoms with Crippen LogP contribution in [0.4, 0.5) is 52.7 Å². The summed E-state index contributed by atoms with van der Waals surface area (Å²) < 4.78 is 178. The summed E-state index contributed by atoms with van der Waals surface area (Å²) >= 11 is 0. The normalized spacial score (nSPS) is 12.3. The summed E-state index contributed by atoms with van der Waals surface area (Å²) in [6, 6.07) is 7.88. The summed E-state index contributed by atoms with van der Waals surface area (Å²) in [5, 5.41) is 0. The lowest BCUT2D eigenvalue weighted by molar-refractivity contribution is -0.340. The van der Waals surface area contributed by atoms with Gasteiger partial charge in [0, 0.05) is 0 Å². The molecule has 0 N–H and O–H groups in total. The van der Waals surface area contributed by atoms with Crippen LogP contribution in [0.2, 0.25) is 0 Å². The van der Waals surface area contributed by atoms with Gasteiger partial charge in [0.2, 0.25) is 11.6 Å². The van der Waals surface area contributed by atoms with Crippen LogP contribution in [0.5, 0.6) is 11.5 Å². The van der Waals surface area contributed by atoms with Crippen LogP contribution in [-0.4, -0.2) is 49.3 Å². The molecule has 0 unspecified atom stereocenters. The minimum Gasteiger partial charge on any atom is -0.487 e. The van der Waals surface area contributed by atoms with E-state index in [2.05, 4.69) is 4.74 Å². The molecular formula is C33H28F12O5. The third kappa shape index (κ3) is 8.82. The number of hydrogen-bond acceptors (Lipinski definition) is 5. The first kappa shape index (κ1) is 40.0. The van der Waals surface area contributed by atoms with E-state index in [1.165, 1.54) is 0 Å². The summed E-state index contributed by atoms with van der Waals surface area (Å²) in [6.45, 7) is 0.273. The van der Waals surface area contributed by atoms with Crippen LogP contribution < -0.4 is 9.47 Å². The Bertz CT molecular complexity index is 1600. The molecule has 0 aromatic heterocycles. The Morgan fingerprint density at radius 3 is 1.74 bits per heavy atom. The van der Waals surface area contributed by atoms with Crippen molar-refractivity contribution in [3.8, 4) is 22.6 Å². The molecule has 3 aromatic carbocycles. The van der Waals surface area contributed by atoms with Gasteiger partial charge in [0.25, 0.3) is 0 Å². The monoisotopic (exact) mass is 732 g/mol. The number of alkyl halides is 8. The predicted molar refractivity (Wildman–Crippen MR) is 153 cm³/mol. The third-order valence-electron chi connectivity index (χ3n) is 7.23. The molecule has 0 saturated carbocycles. The van der Waals surface area contributed by atoms with Crippen LogP contribution in [0.15, 0.2) is 48.5 Å². The van der Waals surface area contributed by atoms with Gasteiger partial charge in [0.1, 0.15) is 5.75 Å². The zero-order chi connectivity index (χ0) is 37.4. The molecule has 0 aliphatic heterocycles. The molecule has 0 aliphatic rings. The van der Waals surface area contributed by atoms with Gasteiger partial charge in [-0.3, -0.25) is 0 Å². The molecule has 3 aromatic rings. The Morgan fingerprint density at radius 1 is 0.680 bits per heavy atom. The number of esters is 2. The highest BCUT2D eigenvalue weighted by atomic mass is 19.4. The predicted octanol–water partition coefficient (Wildman–Crippen LogP) is 10.2. The van der Waals surface area contributed by atoms with Crippen LogP contribution in [0.25, 0.3) is 11.1 Å². The number of rotatable bonds is 17. The Labute approximate surface area is 277 Å². The van der Waals surface area contributed by atoms with Crippen LogP contribution in [0.1, 0.15) is 66.2 Å². The van der Waals surface area contributed by atoms with Gasteiger partial charge in [-0.15, -0.1) is 0 Å². The lowest BCUT2D eigenvalue weighted by Crippen LogP contribution is -2.57. The standard InChI is InChI=1S/C33H28F12O5/c1-2-3-4-5-6-16-48-27-25(36)23(34)22(24(35)26(27)37)18-7-9-20(10-8-18)29(47)50-21-13-11-19(12-14-21)28(46)49-17-15-31(40,41)33(44,45)32(42,43)30(38)39/h7-14,30H,2-6,15-17H2,1H3. The van der Waals surface area contributed by atoms with E-state index in [4.69, 9.17) is 9.47 Å². The molecule has 0 spiro atoms. The van der Waals surface area contributed by atoms with Crippen molar-refractivity contribution in [3.63, 3.8) is 0 Å². The van der Waals surface area contributed by atoms with E-state index >= 15 is 0 Å². The largest absolute Gasteiger partial charge is 0.487 e. The fourth-order valence-electron chi connectivity index (χ4n) is 4.36. The molecule has 0 bridgehead atoms. The van der Waals surface area contributed by atoms with E-state index in [1.807, 2.05) is 6.92 Å². The van der Waals surface area contributed by atoms with Crippen LogP contribution in [0, 0.1) is 23.3 Å². The van der Waals surface area contributed by atoms with Gasteiger partial charge in [0.15, 0.2) is 17.4 Å². The Hall–Kier alpha value is -4.44. The second kappa shape index (κ2) is 16.5. The fourth-order valence-corrected chi connectivity index (χ4v) is 4.36. The zero-order valence-corrected chi connectivity index (χ0v) is 25.9. The van der Waals surface area contributed by atoms with E-state index in [1.54, 1.807) is 0 Å². The van der Waals surface area contributed by atoms with Gasteiger partial charge < -0.3 is 14.2 Å². The fraction of sp³-hybridized carbons (Fsp3) is 0.394. The maximum Gasteiger partial charge on any atom is 0.377 e. The van der Waals surface area contributed by atoms with E-state index in [9.17, 15) is 62.3 Å². The molecule has 0 aliphatic carbocycles. The molecule has 3 rings (SSSR count). The summed E-state index contributed by atoms with van der Waals surface area (Å²) in [5.74, 6) is -29.3. The number of benzene rings is 3. The van der Waals surface area contributed by atoms with Crippen molar-refractivity contribution < 1.29 is 76.5 Å². The van der Waals surface area contributed by atoms with Gasteiger partial charge in [-0.25, -0.2) is 27.2 Å². The quantitative estimate of drug-likeness (QED) is 0.0455. The first-order valence-electron chi connectivity index (χ1n) is 14.9. The molecule has 0 heterocycles. The van der Waals surface area contributed by atoms with E-state index < -0.39 is 89.3 Å². The molecule has 0 amide bonds. The first-order chi connectivity index (χ1) is 23.4. The van der Waals surface area contributed by atoms with Crippen LogP contribution in [-0.2, 0) is 4.74 Å². The van der Waals surface area contributed by atoms with Crippen LogP contribution >= 0.6 is 0 Å². The van der Waals surface area contributed by atoms with Crippen molar-refractivity contribution >= 4 is 11.9 Å². The first-order valence-corrected chi connectivity index (χ1v) is 14.9. The van der Waals surface area contributed by atoms with Gasteiger partial charge in [-0.2, -0.15) is 35.1 Å². The maximum absolute atomic E-state index is 14.8. The lowest BCUT2D eigenvalue weighted by Gasteiger charge is -2.32. The second-order valence-electron chi connectivity index (χ2n) is 10.8. The average molecular weight is 733 g/mol. The number of carbonyl (C=O) groups is 2. The molecule has 274 valence electrons. The van der Waals surface area contributed by atoms with E-state index in [0.29, 0.717) is 12.8 Å². The zero-order valence-electron chi connectivity index (χ0n) is 25.9. The third-order valence-corrected chi connectivity index (χ3v) is 7.23. The van der Waals surface area contributed by atoms with Gasteiger partial charge >= 0.3 is 36.1 Å². The highest BCUT2D eigenvalue weighted by Crippen LogP contribution is 2.49. The summed E-state index contributed by atoms with van der Waals surface area (Å²) in [7, 11) is 0. The van der Waals surface area contributed by atoms with E-state index in [-0.39, 0.29) is 23.5 Å². The van der Waals surface area contributed by atoms with Gasteiger partial charge in [-0.1, -0.05) is 44.7 Å². The number of hydrogen-bond donors (Lipinski definition) is 0. The highest BCUT2D eigenvalue weighted by Gasteiger charge is 2.74. The molecule has 0 atom stereocenters. The maximum atomic E-state index is 14.8. The van der Waals surface area contributed by atoms with Crippen molar-refractivity contribution in [2.75, 3.05) is 13.2 Å². The van der Waals surface area contributed by atoms with Crippen LogP contribution in [0.3, 0.4) is 0 Å². The molecule has 0 saturated heterocycles. The van der Waals surface area contributed by atoms with Crippen molar-refractivity contribution in [2.24, 2.45) is 0 Å². The Kier molecular flexibility index (Phi) is 13.2. The number of halogens is 12. The van der Waals surface area contributed by atoms with Crippen molar-refractivity contribution in [1.82, 2.24) is 0 Å². The molecular weight excluding hydrogens is 704 g/mol. The second-order valence-corrected chi connectivity index (χ2v) is 10.8. The minimum absolute atomic E-state index is 0.163. The smallest absolute Gasteiger partial charge is 0.377 e. The topological polar surface area (TPSA) is 61.8 Å². The summed E-state index contributed by atoms with van der Waals surface area (Å²) in [4.78, 5) is 24.6. The van der Waals surface area contributed by atoms with Crippen molar-refractivity contribution in [3.05, 3.63) is 82.9 Å². The molecule has 17 heteroatoms. The summed E-state index contributed by atoms with van der Waals surface area (Å²) in [6.07, 6.45) is -3.44. The van der Waals surface area contributed by atoms with Crippen molar-refractivity contribution in [2.45, 2.75) is 69.6 Å². The minimum atomic E-state index is -6.46. The van der Waals surface area contributed by atoms with Gasteiger partial charge in [0.05, 0.1) is 36.3 Å². The van der Waals surface area contributed by atoms with Gasteiger partial charge in [-0.05, 0) is 48.4 Å². The molecule has 0 fully saturated rings. The van der Waals surface area contributed by atoms with Crippen molar-refractivity contribution in [1.29, 1.82) is 0 Å². The number of unbranched alkanes of at least 4 members (excludes halogenated alkanes) is 4. The number of ether oxygens (including phenoxy) is 3. The number of carbonyl (C=O) groups excluding carboxylic acids is 2. The Balaban J connectivity index is 1.61. The highest BCUT2D eigenvalue weighted by molar-refractivity contribution is 5.92. The lowest BCUT2D eigenvalue weighted by atomic mass is 10.0.